The van der Waals surface area contributed by atoms with Crippen LogP contribution in [0.1, 0.15) is 34.6 Å². The lowest BCUT2D eigenvalue weighted by Crippen LogP contribution is -2.25. The molecule has 0 fully saturated rings. The van der Waals surface area contributed by atoms with E-state index in [1.165, 1.54) is 4.88 Å². The van der Waals surface area contributed by atoms with Crippen molar-refractivity contribution in [3.05, 3.63) is 52.2 Å². The third kappa shape index (κ3) is 4.31. The molecular weight excluding hydrogens is 286 g/mol. The molecule has 1 atom stereocenters. The number of thiophene rings is 1. The number of carboxylic acids is 1. The fraction of sp³-hybridized carbons (Fsp3) is 0.312. The van der Waals surface area contributed by atoms with Crippen molar-refractivity contribution in [2.45, 2.75) is 19.4 Å². The van der Waals surface area contributed by atoms with E-state index in [-0.39, 0.29) is 5.56 Å². The van der Waals surface area contributed by atoms with Crippen LogP contribution in [-0.2, 0) is 0 Å². The van der Waals surface area contributed by atoms with Gasteiger partial charge in [-0.25, -0.2) is 4.79 Å². The Bertz CT molecular complexity index is 569. The molecule has 2 aromatic rings. The van der Waals surface area contributed by atoms with Gasteiger partial charge >= 0.3 is 5.97 Å². The lowest BCUT2D eigenvalue weighted by atomic mass is 10.2. The molecule has 0 radical (unpaired) electrons. The quantitative estimate of drug-likeness (QED) is 0.732. The molecule has 112 valence electrons. The topological polar surface area (TPSA) is 58.6 Å². The second kappa shape index (κ2) is 7.81. The van der Waals surface area contributed by atoms with Gasteiger partial charge in [-0.1, -0.05) is 25.1 Å². The van der Waals surface area contributed by atoms with Gasteiger partial charge in [-0.05, 0) is 30.0 Å². The summed E-state index contributed by atoms with van der Waals surface area (Å²) in [5, 5.41) is 14.6. The molecule has 0 bridgehead atoms. The molecule has 0 aliphatic heterocycles. The van der Waals surface area contributed by atoms with Crippen molar-refractivity contribution in [2.75, 3.05) is 13.2 Å². The fourth-order valence-electron chi connectivity index (χ4n) is 2.10. The summed E-state index contributed by atoms with van der Waals surface area (Å²) in [6, 6.07) is 11.2. The van der Waals surface area contributed by atoms with E-state index in [2.05, 4.69) is 23.7 Å². The van der Waals surface area contributed by atoms with Crippen LogP contribution in [0.5, 0.6) is 5.75 Å². The summed E-state index contributed by atoms with van der Waals surface area (Å²) in [5.41, 5.74) is 0.197. The number of ether oxygens (including phenoxy) is 1. The highest BCUT2D eigenvalue weighted by molar-refractivity contribution is 7.10. The highest BCUT2D eigenvalue weighted by atomic mass is 32.1. The van der Waals surface area contributed by atoms with Gasteiger partial charge in [0.1, 0.15) is 17.9 Å². The van der Waals surface area contributed by atoms with Crippen molar-refractivity contribution in [1.29, 1.82) is 0 Å². The van der Waals surface area contributed by atoms with Crippen LogP contribution in [0.25, 0.3) is 0 Å². The largest absolute Gasteiger partial charge is 0.491 e. The van der Waals surface area contributed by atoms with Crippen molar-refractivity contribution in [1.82, 2.24) is 5.32 Å². The number of nitrogens with one attached hydrogen (secondary N) is 1. The molecule has 0 saturated carbocycles. The molecule has 0 saturated heterocycles. The summed E-state index contributed by atoms with van der Waals surface area (Å²) in [5.74, 6) is -0.556. The average Bonchev–Trinajstić information content (AvgIpc) is 3.01. The maximum absolute atomic E-state index is 11.1. The number of para-hydroxylation sites is 1. The normalized spacial score (nSPS) is 12.0. The third-order valence-corrected chi connectivity index (χ3v) is 4.15. The van der Waals surface area contributed by atoms with Gasteiger partial charge in [0.2, 0.25) is 0 Å². The van der Waals surface area contributed by atoms with Crippen LogP contribution in [0, 0.1) is 0 Å². The van der Waals surface area contributed by atoms with E-state index in [4.69, 9.17) is 9.84 Å². The number of hydrogen-bond acceptors (Lipinski definition) is 4. The van der Waals surface area contributed by atoms with Crippen LogP contribution >= 0.6 is 11.3 Å². The van der Waals surface area contributed by atoms with Crippen LogP contribution < -0.4 is 10.1 Å². The average molecular weight is 305 g/mol. The van der Waals surface area contributed by atoms with E-state index in [1.54, 1.807) is 35.6 Å². The van der Waals surface area contributed by atoms with Gasteiger partial charge in [0.15, 0.2) is 0 Å². The third-order valence-electron chi connectivity index (χ3n) is 3.16. The van der Waals surface area contributed by atoms with E-state index in [0.717, 1.165) is 6.42 Å². The Hall–Kier alpha value is -1.85. The molecule has 1 aromatic carbocycles. The van der Waals surface area contributed by atoms with Gasteiger partial charge in [-0.15, -0.1) is 11.3 Å². The summed E-state index contributed by atoms with van der Waals surface area (Å²) >= 11 is 1.74. The Morgan fingerprint density at radius 3 is 2.81 bits per heavy atom. The lowest BCUT2D eigenvalue weighted by Gasteiger charge is -2.16. The molecule has 1 unspecified atom stereocenters. The van der Waals surface area contributed by atoms with Crippen molar-refractivity contribution in [2.24, 2.45) is 0 Å². The second-order valence-corrected chi connectivity index (χ2v) is 5.56. The molecule has 21 heavy (non-hydrogen) atoms. The molecule has 4 nitrogen and oxygen atoms in total. The van der Waals surface area contributed by atoms with E-state index in [1.807, 2.05) is 6.07 Å². The Kier molecular flexibility index (Phi) is 5.78. The van der Waals surface area contributed by atoms with Gasteiger partial charge in [0.05, 0.1) is 0 Å². The number of benzene rings is 1. The Morgan fingerprint density at radius 2 is 2.14 bits per heavy atom. The molecule has 0 spiro atoms. The van der Waals surface area contributed by atoms with Crippen molar-refractivity contribution in [3.8, 4) is 5.75 Å². The Morgan fingerprint density at radius 1 is 1.33 bits per heavy atom. The van der Waals surface area contributed by atoms with Crippen molar-refractivity contribution >= 4 is 17.3 Å². The minimum atomic E-state index is -0.969. The van der Waals surface area contributed by atoms with E-state index < -0.39 is 5.97 Å². The second-order valence-electron chi connectivity index (χ2n) is 4.58. The molecule has 0 amide bonds. The summed E-state index contributed by atoms with van der Waals surface area (Å²) in [6.45, 7) is 3.24. The molecule has 1 aromatic heterocycles. The minimum absolute atomic E-state index is 0.197. The predicted molar refractivity (Wildman–Crippen MR) is 84.3 cm³/mol. The van der Waals surface area contributed by atoms with Gasteiger partial charge in [-0.2, -0.15) is 0 Å². The zero-order chi connectivity index (χ0) is 15.1. The van der Waals surface area contributed by atoms with Crippen LogP contribution in [0.4, 0.5) is 0 Å². The monoisotopic (exact) mass is 305 g/mol. The van der Waals surface area contributed by atoms with E-state index in [9.17, 15) is 4.79 Å². The highest BCUT2D eigenvalue weighted by Gasteiger charge is 2.11. The zero-order valence-electron chi connectivity index (χ0n) is 11.9. The van der Waals surface area contributed by atoms with Crippen LogP contribution in [0.15, 0.2) is 41.8 Å². The number of carboxylic acid groups (broad SMARTS) is 1. The lowest BCUT2D eigenvalue weighted by molar-refractivity contribution is 0.0692. The maximum atomic E-state index is 11.1. The van der Waals surface area contributed by atoms with Crippen molar-refractivity contribution in [3.63, 3.8) is 0 Å². The molecular formula is C16H19NO3S. The van der Waals surface area contributed by atoms with Gasteiger partial charge in [0.25, 0.3) is 0 Å². The first-order valence-electron chi connectivity index (χ1n) is 6.94. The first-order valence-corrected chi connectivity index (χ1v) is 7.82. The van der Waals surface area contributed by atoms with Crippen LogP contribution in [0.2, 0.25) is 0 Å². The molecule has 0 aliphatic rings. The van der Waals surface area contributed by atoms with Gasteiger partial charge < -0.3 is 15.2 Å². The highest BCUT2D eigenvalue weighted by Crippen LogP contribution is 2.21. The summed E-state index contributed by atoms with van der Waals surface area (Å²) in [7, 11) is 0. The summed E-state index contributed by atoms with van der Waals surface area (Å²) < 4.78 is 5.57. The van der Waals surface area contributed by atoms with E-state index >= 15 is 0 Å². The summed E-state index contributed by atoms with van der Waals surface area (Å²) in [6.07, 6.45) is 1.01. The fourth-order valence-corrected chi connectivity index (χ4v) is 2.98. The minimum Gasteiger partial charge on any atom is -0.491 e. The Labute approximate surface area is 128 Å². The number of hydrogen-bond donors (Lipinski definition) is 2. The smallest absolute Gasteiger partial charge is 0.339 e. The van der Waals surface area contributed by atoms with E-state index in [0.29, 0.717) is 24.9 Å². The molecule has 1 heterocycles. The standard InChI is InChI=1S/C16H19NO3S/c1-2-13(15-8-5-11-21-15)17-9-10-20-14-7-4-3-6-12(14)16(18)19/h3-8,11,13,17H,2,9-10H2,1H3,(H,18,19). The zero-order valence-corrected chi connectivity index (χ0v) is 12.7. The summed E-state index contributed by atoms with van der Waals surface area (Å²) in [4.78, 5) is 12.4. The molecule has 0 aliphatic carbocycles. The van der Waals surface area contributed by atoms with Gasteiger partial charge in [0, 0.05) is 17.5 Å². The first kappa shape index (κ1) is 15.5. The maximum Gasteiger partial charge on any atom is 0.339 e. The van der Waals surface area contributed by atoms with Gasteiger partial charge in [-0.3, -0.25) is 0 Å². The predicted octanol–water partition coefficient (Wildman–Crippen LogP) is 3.57. The van der Waals surface area contributed by atoms with Crippen LogP contribution in [0.3, 0.4) is 0 Å². The SMILES string of the molecule is CCC(NCCOc1ccccc1C(=O)O)c1cccs1. The van der Waals surface area contributed by atoms with Crippen LogP contribution in [-0.4, -0.2) is 24.2 Å². The number of aromatic carboxylic acids is 1. The van der Waals surface area contributed by atoms with Crippen molar-refractivity contribution < 1.29 is 14.6 Å². The molecule has 5 heteroatoms. The number of carbonyl (C=O) groups is 1. The first-order chi connectivity index (χ1) is 10.2. The Balaban J connectivity index is 1.83. The number of rotatable bonds is 8. The molecule has 2 rings (SSSR count). The molecule has 2 N–H and O–H groups in total.